The summed E-state index contributed by atoms with van der Waals surface area (Å²) in [6.07, 6.45) is 4.24. The zero-order valence-corrected chi connectivity index (χ0v) is 20.9. The smallest absolute Gasteiger partial charge is 0.229 e. The Morgan fingerprint density at radius 3 is 2.66 bits per heavy atom. The molecule has 1 saturated heterocycles. The van der Waals surface area contributed by atoms with E-state index in [1.165, 1.54) is 4.88 Å². The molecule has 2 saturated carbocycles. The number of hydrogen-bond acceptors (Lipinski definition) is 6. The van der Waals surface area contributed by atoms with E-state index in [4.69, 9.17) is 4.98 Å². The van der Waals surface area contributed by atoms with E-state index < -0.39 is 6.10 Å². The van der Waals surface area contributed by atoms with E-state index in [0.717, 1.165) is 62.4 Å². The Hall–Kier alpha value is -1.12. The molecule has 2 N–H and O–H groups in total. The van der Waals surface area contributed by atoms with Gasteiger partial charge in [0.25, 0.3) is 0 Å². The zero-order chi connectivity index (χ0) is 22.6. The molecule has 1 aromatic rings. The quantitative estimate of drug-likeness (QED) is 0.690. The summed E-state index contributed by atoms with van der Waals surface area (Å²) in [4.78, 5) is 33.5. The SMILES string of the molecule is CC(C(=O)N1CCSCC1)C1CCC2(C)Cc3sc(NC(=O)C4CC4)nc3C(C)C2C1O. The summed E-state index contributed by atoms with van der Waals surface area (Å²) in [7, 11) is 0. The van der Waals surface area contributed by atoms with Gasteiger partial charge in [-0.2, -0.15) is 11.8 Å². The molecule has 8 heteroatoms. The van der Waals surface area contributed by atoms with Crippen molar-refractivity contribution in [3.05, 3.63) is 10.6 Å². The molecule has 1 aliphatic heterocycles. The molecule has 3 fully saturated rings. The number of aliphatic hydroxyl groups is 1. The number of aliphatic hydroxyl groups excluding tert-OH is 1. The molecule has 4 aliphatic rings. The maximum atomic E-state index is 13.2. The molecule has 0 spiro atoms. The minimum atomic E-state index is -0.513. The predicted molar refractivity (Wildman–Crippen MR) is 129 cm³/mol. The Bertz CT molecular complexity index is 895. The van der Waals surface area contributed by atoms with Gasteiger partial charge < -0.3 is 15.3 Å². The topological polar surface area (TPSA) is 82.5 Å². The van der Waals surface area contributed by atoms with Crippen molar-refractivity contribution in [2.45, 2.75) is 64.9 Å². The minimum Gasteiger partial charge on any atom is -0.392 e. The second-order valence-electron chi connectivity index (χ2n) is 10.7. The van der Waals surface area contributed by atoms with Gasteiger partial charge in [-0.15, -0.1) is 11.3 Å². The van der Waals surface area contributed by atoms with Crippen molar-refractivity contribution >= 4 is 40.0 Å². The first-order valence-corrected chi connectivity index (χ1v) is 14.1. The molecule has 176 valence electrons. The number of carbonyl (C=O) groups excluding carboxylic acids is 2. The third-order valence-electron chi connectivity index (χ3n) is 8.45. The van der Waals surface area contributed by atoms with Gasteiger partial charge in [0, 0.05) is 47.2 Å². The Morgan fingerprint density at radius 2 is 1.97 bits per heavy atom. The van der Waals surface area contributed by atoms with Crippen LogP contribution in [0.5, 0.6) is 0 Å². The molecule has 3 aliphatic carbocycles. The molecule has 0 radical (unpaired) electrons. The van der Waals surface area contributed by atoms with Crippen LogP contribution in [0.15, 0.2) is 0 Å². The van der Waals surface area contributed by atoms with E-state index in [1.807, 2.05) is 23.6 Å². The van der Waals surface area contributed by atoms with Crippen molar-refractivity contribution in [2.75, 3.05) is 29.9 Å². The Morgan fingerprint density at radius 1 is 1.25 bits per heavy atom. The largest absolute Gasteiger partial charge is 0.392 e. The van der Waals surface area contributed by atoms with Gasteiger partial charge in [0.1, 0.15) is 0 Å². The lowest BCUT2D eigenvalue weighted by atomic mass is 9.53. The summed E-state index contributed by atoms with van der Waals surface area (Å²) in [6.45, 7) is 8.14. The summed E-state index contributed by atoms with van der Waals surface area (Å²) in [5, 5.41) is 15.3. The van der Waals surface area contributed by atoms with E-state index >= 15 is 0 Å². The van der Waals surface area contributed by atoms with Crippen LogP contribution in [-0.2, 0) is 16.0 Å². The maximum Gasteiger partial charge on any atom is 0.229 e. The van der Waals surface area contributed by atoms with Crippen molar-refractivity contribution in [3.63, 3.8) is 0 Å². The van der Waals surface area contributed by atoms with Crippen LogP contribution < -0.4 is 5.32 Å². The number of anilines is 1. The maximum absolute atomic E-state index is 13.2. The van der Waals surface area contributed by atoms with Crippen LogP contribution in [-0.4, -0.2) is 57.5 Å². The van der Waals surface area contributed by atoms with Crippen LogP contribution in [0.2, 0.25) is 0 Å². The molecular formula is C24H35N3O3S2. The van der Waals surface area contributed by atoms with E-state index in [-0.39, 0.29) is 46.8 Å². The number of rotatable bonds is 4. The fourth-order valence-corrected chi connectivity index (χ4v) is 8.58. The first-order valence-electron chi connectivity index (χ1n) is 12.1. The Kier molecular flexibility index (Phi) is 6.08. The molecule has 5 rings (SSSR count). The first kappa shape index (κ1) is 22.7. The third kappa shape index (κ3) is 4.00. The van der Waals surface area contributed by atoms with E-state index in [1.54, 1.807) is 11.3 Å². The number of thioether (sulfide) groups is 1. The minimum absolute atomic E-state index is 0.00281. The van der Waals surface area contributed by atoms with Gasteiger partial charge in [0.15, 0.2) is 5.13 Å². The number of carbonyl (C=O) groups is 2. The van der Waals surface area contributed by atoms with Crippen molar-refractivity contribution in [2.24, 2.45) is 29.1 Å². The Balaban J connectivity index is 1.34. The van der Waals surface area contributed by atoms with Crippen LogP contribution in [0.4, 0.5) is 5.13 Å². The monoisotopic (exact) mass is 477 g/mol. The summed E-state index contributed by atoms with van der Waals surface area (Å²) in [5.74, 6) is 2.51. The molecule has 6 nitrogen and oxygen atoms in total. The highest BCUT2D eigenvalue weighted by atomic mass is 32.2. The number of nitrogens with one attached hydrogen (secondary N) is 1. The molecular weight excluding hydrogens is 442 g/mol. The zero-order valence-electron chi connectivity index (χ0n) is 19.3. The number of amides is 2. The van der Waals surface area contributed by atoms with Gasteiger partial charge in [-0.1, -0.05) is 20.8 Å². The molecule has 32 heavy (non-hydrogen) atoms. The van der Waals surface area contributed by atoms with Crippen molar-refractivity contribution in [1.82, 2.24) is 9.88 Å². The van der Waals surface area contributed by atoms with Gasteiger partial charge in [-0.3, -0.25) is 9.59 Å². The van der Waals surface area contributed by atoms with E-state index in [9.17, 15) is 14.7 Å². The van der Waals surface area contributed by atoms with Gasteiger partial charge in [0.2, 0.25) is 11.8 Å². The highest BCUT2D eigenvalue weighted by Crippen LogP contribution is 2.57. The van der Waals surface area contributed by atoms with Crippen LogP contribution >= 0.6 is 23.1 Å². The molecule has 6 unspecified atom stereocenters. The average molecular weight is 478 g/mol. The number of nitrogens with zero attached hydrogens (tertiary/aromatic N) is 2. The second-order valence-corrected chi connectivity index (χ2v) is 13.0. The first-order chi connectivity index (χ1) is 15.3. The molecule has 0 bridgehead atoms. The lowest BCUT2D eigenvalue weighted by Gasteiger charge is -2.53. The van der Waals surface area contributed by atoms with E-state index in [2.05, 4.69) is 19.2 Å². The molecule has 1 aromatic heterocycles. The van der Waals surface area contributed by atoms with Crippen LogP contribution in [0, 0.1) is 29.1 Å². The molecule has 2 heterocycles. The number of thiazole rings is 1. The van der Waals surface area contributed by atoms with Gasteiger partial charge in [-0.25, -0.2) is 4.98 Å². The van der Waals surface area contributed by atoms with Crippen LogP contribution in [0.25, 0.3) is 0 Å². The predicted octanol–water partition coefficient (Wildman–Crippen LogP) is 3.76. The fraction of sp³-hybridized carbons (Fsp3) is 0.792. The van der Waals surface area contributed by atoms with Crippen molar-refractivity contribution in [3.8, 4) is 0 Å². The lowest BCUT2D eigenvalue weighted by molar-refractivity contribution is -0.144. The lowest BCUT2D eigenvalue weighted by Crippen LogP contribution is -2.54. The average Bonchev–Trinajstić information content (AvgIpc) is 3.55. The fourth-order valence-electron chi connectivity index (χ4n) is 6.41. The highest BCUT2D eigenvalue weighted by Gasteiger charge is 2.54. The van der Waals surface area contributed by atoms with Gasteiger partial charge >= 0.3 is 0 Å². The second kappa shape index (κ2) is 8.58. The highest BCUT2D eigenvalue weighted by molar-refractivity contribution is 7.99. The van der Waals surface area contributed by atoms with Crippen molar-refractivity contribution < 1.29 is 14.7 Å². The molecule has 0 aromatic carbocycles. The number of hydrogen-bond donors (Lipinski definition) is 2. The summed E-state index contributed by atoms with van der Waals surface area (Å²) in [5.41, 5.74) is 1.03. The standard InChI is InChI=1S/C24H35N3O3S2/c1-13(22(30)27-8-10-31-11-9-27)16-6-7-24(3)12-17-19(14(2)18(24)20(16)28)25-23(32-17)26-21(29)15-4-5-15/h13-16,18,20,28H,4-12H2,1-3H3,(H,25,26,29). The normalized spacial score (nSPS) is 35.6. The van der Waals surface area contributed by atoms with Crippen LogP contribution in [0.3, 0.4) is 0 Å². The summed E-state index contributed by atoms with van der Waals surface area (Å²) < 4.78 is 0. The van der Waals surface area contributed by atoms with Gasteiger partial charge in [0.05, 0.1) is 11.8 Å². The van der Waals surface area contributed by atoms with Crippen molar-refractivity contribution in [1.29, 1.82) is 0 Å². The number of fused-ring (bicyclic) bond motifs is 2. The third-order valence-corrected chi connectivity index (χ3v) is 10.4. The number of aromatic nitrogens is 1. The Labute approximate surface area is 198 Å². The van der Waals surface area contributed by atoms with Gasteiger partial charge in [-0.05, 0) is 49.4 Å². The molecule has 2 amide bonds. The summed E-state index contributed by atoms with van der Waals surface area (Å²) in [6, 6.07) is 0. The molecule has 6 atom stereocenters. The van der Waals surface area contributed by atoms with Crippen LogP contribution in [0.1, 0.15) is 62.9 Å². The van der Waals surface area contributed by atoms with E-state index in [0.29, 0.717) is 5.13 Å². The summed E-state index contributed by atoms with van der Waals surface area (Å²) >= 11 is 3.52.